The molecule has 0 aliphatic carbocycles. The van der Waals surface area contributed by atoms with Crippen LogP contribution >= 0.6 is 23.5 Å². The molecule has 0 bridgehead atoms. The van der Waals surface area contributed by atoms with Gasteiger partial charge in [0, 0.05) is 5.92 Å². The van der Waals surface area contributed by atoms with E-state index in [0.717, 1.165) is 12.7 Å². The minimum absolute atomic E-state index is 0.00256. The third kappa shape index (κ3) is 5.39. The van der Waals surface area contributed by atoms with Crippen LogP contribution in [0.1, 0.15) is 13.8 Å². The summed E-state index contributed by atoms with van der Waals surface area (Å²) in [5.41, 5.74) is -2.47. The number of fused-ring (bicyclic) bond motifs is 1. The molecule has 1 fully saturated rings. The van der Waals surface area contributed by atoms with Crippen molar-refractivity contribution in [2.45, 2.75) is 37.9 Å². The van der Waals surface area contributed by atoms with Crippen LogP contribution in [-0.4, -0.2) is 74.2 Å². The highest BCUT2D eigenvalue weighted by Crippen LogP contribution is 2.66. The molecule has 0 spiro atoms. The molecule has 2 aromatic rings. The van der Waals surface area contributed by atoms with Crippen LogP contribution in [0.3, 0.4) is 0 Å². The summed E-state index contributed by atoms with van der Waals surface area (Å²) in [6.45, 7) is 2.19. The van der Waals surface area contributed by atoms with Crippen LogP contribution in [0.4, 0.5) is 0 Å². The molecule has 2 aromatic heterocycles. The number of aromatic nitrogens is 4. The number of hydrogen-bond acceptors (Lipinski definition) is 12. The van der Waals surface area contributed by atoms with Crippen molar-refractivity contribution < 1.29 is 61.4 Å². The number of ether oxygens (including phenoxy) is 1. The number of hydrogen-bond donors (Lipinski definition) is 7. The fourth-order valence-electron chi connectivity index (χ4n) is 3.49. The zero-order valence-corrected chi connectivity index (χ0v) is 20.0. The lowest BCUT2D eigenvalue weighted by Crippen LogP contribution is -2.49. The quantitative estimate of drug-likeness (QED) is 0.182. The number of imidazole rings is 1. The second-order valence-electron chi connectivity index (χ2n) is 7.40. The average Bonchev–Trinajstić information content (AvgIpc) is 3.19. The van der Waals surface area contributed by atoms with E-state index in [4.69, 9.17) is 14.5 Å². The third-order valence-corrected chi connectivity index (χ3v) is 8.63. The van der Waals surface area contributed by atoms with Crippen molar-refractivity contribution in [1.29, 1.82) is 0 Å². The predicted molar refractivity (Wildman–Crippen MR) is 108 cm³/mol. The topological polar surface area (TPSA) is 273 Å². The van der Waals surface area contributed by atoms with Gasteiger partial charge in [-0.3, -0.25) is 13.9 Å². The Morgan fingerprint density at radius 3 is 2.38 bits per heavy atom. The molecule has 3 rings (SSSR count). The summed E-state index contributed by atoms with van der Waals surface area (Å²) in [4.78, 5) is 58.2. The number of nitrogens with one attached hydrogen (secondary N) is 1. The van der Waals surface area contributed by atoms with E-state index in [1.54, 1.807) is 13.8 Å². The first kappa shape index (κ1) is 27.2. The van der Waals surface area contributed by atoms with Gasteiger partial charge in [0.25, 0.3) is 5.56 Å². The minimum atomic E-state index is -5.74. The fraction of sp³-hybridized carbons (Fsp3) is 0.615. The Labute approximate surface area is 189 Å². The van der Waals surface area contributed by atoms with Gasteiger partial charge in [-0.15, -0.1) is 0 Å². The van der Waals surface area contributed by atoms with Crippen molar-refractivity contribution in [3.63, 3.8) is 0 Å². The van der Waals surface area contributed by atoms with E-state index in [1.165, 1.54) is 4.57 Å². The molecule has 21 heteroatoms. The summed E-state index contributed by atoms with van der Waals surface area (Å²) in [6.07, 6.45) is -2.77. The van der Waals surface area contributed by atoms with E-state index in [-0.39, 0.29) is 11.2 Å². The number of aliphatic hydroxyl groups is 2. The van der Waals surface area contributed by atoms with Crippen molar-refractivity contribution in [2.24, 2.45) is 5.92 Å². The first-order chi connectivity index (χ1) is 15.5. The summed E-state index contributed by atoms with van der Waals surface area (Å²) < 4.78 is 52.9. The molecule has 0 aromatic carbocycles. The van der Waals surface area contributed by atoms with Crippen molar-refractivity contribution >= 4 is 34.6 Å². The molecule has 2 unspecified atom stereocenters. The lowest BCUT2D eigenvalue weighted by Gasteiger charge is -2.37. The molecule has 6 atom stereocenters. The Bertz CT molecular complexity index is 1260. The van der Waals surface area contributed by atoms with Gasteiger partial charge in [0.1, 0.15) is 18.3 Å². The Morgan fingerprint density at radius 2 is 1.79 bits per heavy atom. The first-order valence-electron chi connectivity index (χ1n) is 9.22. The monoisotopic (exact) mass is 550 g/mol. The SMILES string of the molecule is CC(C)[C@@]1(n2cnc3c(=O)[nH]cnc32)O[C@H](COP(=O)(O)OP(=O)(O)OP(=O)(O)O)[C@@H](O)[C@H]1O. The van der Waals surface area contributed by atoms with Crippen molar-refractivity contribution in [3.05, 3.63) is 23.0 Å². The van der Waals surface area contributed by atoms with E-state index in [2.05, 4.69) is 28.1 Å². The molecule has 1 saturated heterocycles. The largest absolute Gasteiger partial charge is 0.490 e. The van der Waals surface area contributed by atoms with Crippen LogP contribution < -0.4 is 5.56 Å². The van der Waals surface area contributed by atoms with E-state index in [9.17, 15) is 38.5 Å². The van der Waals surface area contributed by atoms with Crippen molar-refractivity contribution in [1.82, 2.24) is 19.5 Å². The fourth-order valence-corrected chi connectivity index (χ4v) is 6.52. The van der Waals surface area contributed by atoms with Crippen LogP contribution in [0, 0.1) is 5.92 Å². The minimum Gasteiger partial charge on any atom is -0.387 e. The van der Waals surface area contributed by atoms with Gasteiger partial charge in [-0.05, 0) is 0 Å². The van der Waals surface area contributed by atoms with E-state index in [1.807, 2.05) is 0 Å². The predicted octanol–water partition coefficient (Wildman–Crippen LogP) is -1.11. The molecule has 0 radical (unpaired) electrons. The Morgan fingerprint density at radius 1 is 1.15 bits per heavy atom. The number of aromatic amines is 1. The van der Waals surface area contributed by atoms with Gasteiger partial charge in [0.2, 0.25) is 0 Å². The molecular weight excluding hydrogens is 529 g/mol. The van der Waals surface area contributed by atoms with Crippen LogP contribution in [0.5, 0.6) is 0 Å². The molecule has 192 valence electrons. The van der Waals surface area contributed by atoms with Gasteiger partial charge in [-0.25, -0.2) is 23.7 Å². The molecule has 3 heterocycles. The lowest BCUT2D eigenvalue weighted by atomic mass is 9.91. The third-order valence-electron chi connectivity index (χ3n) is 4.83. The molecule has 7 N–H and O–H groups in total. The number of H-pyrrole nitrogens is 1. The number of nitrogens with zero attached hydrogens (tertiary/aromatic N) is 3. The molecule has 1 aliphatic rings. The summed E-state index contributed by atoms with van der Waals surface area (Å²) in [7, 11) is -16.8. The number of aliphatic hydroxyl groups excluding tert-OH is 2. The van der Waals surface area contributed by atoms with E-state index >= 15 is 0 Å². The first-order valence-corrected chi connectivity index (χ1v) is 13.7. The smallest absolute Gasteiger partial charge is 0.387 e. The molecule has 34 heavy (non-hydrogen) atoms. The van der Waals surface area contributed by atoms with Crippen molar-refractivity contribution in [2.75, 3.05) is 6.61 Å². The zero-order chi connectivity index (χ0) is 25.7. The molecular formula is C13H21N4O14P3. The molecule has 1 aliphatic heterocycles. The van der Waals surface area contributed by atoms with Gasteiger partial charge in [0.15, 0.2) is 16.9 Å². The Kier molecular flexibility index (Phi) is 7.42. The Hall–Kier alpha value is -1.36. The van der Waals surface area contributed by atoms with Crippen LogP contribution in [0.2, 0.25) is 0 Å². The maximum Gasteiger partial charge on any atom is 0.490 e. The lowest BCUT2D eigenvalue weighted by molar-refractivity contribution is -0.173. The van der Waals surface area contributed by atoms with E-state index in [0.29, 0.717) is 0 Å². The highest BCUT2D eigenvalue weighted by atomic mass is 31.3. The average molecular weight is 550 g/mol. The Balaban J connectivity index is 1.85. The number of phosphoric acid groups is 3. The standard InChI is InChI=1S/C13H21N4O14P3/c1-6(2)13(17-5-16-8-11(17)14-4-15-12(8)20)10(19)9(18)7(29-13)3-28-33(24,25)31-34(26,27)30-32(21,22)23/h4-7,9-10,18-19H,3H2,1-2H3,(H,24,25)(H,26,27)(H,14,15,20)(H2,21,22,23)/t7-,9-,10-,13-/m1/s1. The van der Waals surface area contributed by atoms with Crippen molar-refractivity contribution in [3.8, 4) is 0 Å². The maximum absolute atomic E-state index is 12.0. The zero-order valence-electron chi connectivity index (χ0n) is 17.3. The van der Waals surface area contributed by atoms with Gasteiger partial charge in [-0.2, -0.15) is 8.62 Å². The normalized spacial score (nSPS) is 29.4. The summed E-state index contributed by atoms with van der Waals surface area (Å²) in [5, 5.41) is 21.4. The van der Waals surface area contributed by atoms with Crippen LogP contribution in [0.25, 0.3) is 11.2 Å². The number of rotatable bonds is 9. The van der Waals surface area contributed by atoms with Crippen LogP contribution in [0.15, 0.2) is 17.4 Å². The molecule has 0 amide bonds. The molecule has 18 nitrogen and oxygen atoms in total. The van der Waals surface area contributed by atoms with Gasteiger partial charge >= 0.3 is 23.5 Å². The summed E-state index contributed by atoms with van der Waals surface area (Å²) in [5.74, 6) is -0.618. The highest BCUT2D eigenvalue weighted by Gasteiger charge is 2.58. The van der Waals surface area contributed by atoms with Gasteiger partial charge in [-0.1, -0.05) is 13.8 Å². The highest BCUT2D eigenvalue weighted by molar-refractivity contribution is 7.66. The number of phosphoric ester groups is 1. The second-order valence-corrected chi connectivity index (χ2v) is 11.8. The van der Waals surface area contributed by atoms with Gasteiger partial charge < -0.3 is 39.5 Å². The summed E-state index contributed by atoms with van der Waals surface area (Å²) >= 11 is 0. The van der Waals surface area contributed by atoms with Crippen LogP contribution in [-0.2, 0) is 37.3 Å². The maximum atomic E-state index is 12.0. The van der Waals surface area contributed by atoms with E-state index < -0.39 is 65.6 Å². The molecule has 0 saturated carbocycles. The summed E-state index contributed by atoms with van der Waals surface area (Å²) in [6, 6.07) is 0. The van der Waals surface area contributed by atoms with Gasteiger partial charge in [0.05, 0.1) is 19.3 Å². The second kappa shape index (κ2) is 9.26.